The zero-order valence-electron chi connectivity index (χ0n) is 11.0. The van der Waals surface area contributed by atoms with Crippen LogP contribution in [0.15, 0.2) is 54.1 Å². The van der Waals surface area contributed by atoms with Gasteiger partial charge in [-0.25, -0.2) is 9.37 Å². The molecule has 0 radical (unpaired) electrons. The molecular weight excluding hydrogens is 294 g/mol. The van der Waals surface area contributed by atoms with Gasteiger partial charge in [-0.05, 0) is 18.2 Å². The Labute approximate surface area is 125 Å². The maximum absolute atomic E-state index is 13.5. The van der Waals surface area contributed by atoms with Gasteiger partial charge in [0.2, 0.25) is 5.95 Å². The monoisotopic (exact) mass is 306 g/mol. The molecule has 3 nitrogen and oxygen atoms in total. The van der Waals surface area contributed by atoms with Crippen LogP contribution in [0.3, 0.4) is 0 Å². The number of halogens is 2. The zero-order chi connectivity index (χ0) is 15.2. The van der Waals surface area contributed by atoms with Crippen LogP contribution in [0.1, 0.15) is 10.4 Å². The lowest BCUT2D eigenvalue weighted by molar-refractivity contribution is 0.102. The molecule has 0 aliphatic heterocycles. The molecule has 0 fully saturated rings. The number of anilines is 1. The fraction of sp³-hybridized carbons (Fsp3) is 0.0667. The molecule has 0 saturated heterocycles. The highest BCUT2D eigenvalue weighted by molar-refractivity contribution is 7.99. The Morgan fingerprint density at radius 3 is 2.86 bits per heavy atom. The van der Waals surface area contributed by atoms with Crippen molar-refractivity contribution >= 4 is 23.4 Å². The van der Waals surface area contributed by atoms with E-state index in [-0.39, 0.29) is 5.56 Å². The summed E-state index contributed by atoms with van der Waals surface area (Å²) < 4.78 is 26.6. The van der Waals surface area contributed by atoms with Crippen LogP contribution in [0, 0.1) is 11.8 Å². The summed E-state index contributed by atoms with van der Waals surface area (Å²) in [7, 11) is 0. The molecule has 2 aromatic rings. The van der Waals surface area contributed by atoms with Gasteiger partial charge in [-0.2, -0.15) is 4.39 Å². The van der Waals surface area contributed by atoms with Crippen LogP contribution >= 0.6 is 11.8 Å². The van der Waals surface area contributed by atoms with Gasteiger partial charge in [-0.15, -0.1) is 18.3 Å². The Balaban J connectivity index is 2.23. The minimum atomic E-state index is -1.29. The second-order valence-corrected chi connectivity index (χ2v) is 5.08. The fourth-order valence-corrected chi connectivity index (χ4v) is 2.37. The molecule has 0 aliphatic carbocycles. The van der Waals surface area contributed by atoms with E-state index in [1.807, 2.05) is 12.1 Å². The van der Waals surface area contributed by atoms with E-state index >= 15 is 0 Å². The van der Waals surface area contributed by atoms with Crippen LogP contribution in [0.2, 0.25) is 0 Å². The molecule has 0 saturated carbocycles. The predicted octanol–water partition coefficient (Wildman–Crippen LogP) is 3.89. The first-order chi connectivity index (χ1) is 10.1. The van der Waals surface area contributed by atoms with E-state index in [0.717, 1.165) is 17.2 Å². The van der Waals surface area contributed by atoms with E-state index in [0.29, 0.717) is 11.4 Å². The summed E-state index contributed by atoms with van der Waals surface area (Å²) in [5.41, 5.74) is 0.150. The van der Waals surface area contributed by atoms with E-state index in [2.05, 4.69) is 16.9 Å². The van der Waals surface area contributed by atoms with Crippen molar-refractivity contribution in [2.45, 2.75) is 4.90 Å². The largest absolute Gasteiger partial charge is 0.321 e. The quantitative estimate of drug-likeness (QED) is 0.517. The minimum absolute atomic E-state index is 0.383. The van der Waals surface area contributed by atoms with E-state index < -0.39 is 17.7 Å². The van der Waals surface area contributed by atoms with Gasteiger partial charge >= 0.3 is 0 Å². The Morgan fingerprint density at radius 1 is 1.33 bits per heavy atom. The summed E-state index contributed by atoms with van der Waals surface area (Å²) in [6.07, 6.45) is 2.78. The summed E-state index contributed by atoms with van der Waals surface area (Å²) >= 11 is 1.48. The van der Waals surface area contributed by atoms with Gasteiger partial charge in [-0.1, -0.05) is 18.2 Å². The number of benzene rings is 1. The fourth-order valence-electron chi connectivity index (χ4n) is 1.63. The van der Waals surface area contributed by atoms with Gasteiger partial charge in [0, 0.05) is 16.8 Å². The Morgan fingerprint density at radius 2 is 2.10 bits per heavy atom. The number of nitrogens with zero attached hydrogens (tertiary/aromatic N) is 1. The Hall–Kier alpha value is -2.21. The molecule has 1 N–H and O–H groups in total. The van der Waals surface area contributed by atoms with Crippen molar-refractivity contribution in [1.82, 2.24) is 4.98 Å². The van der Waals surface area contributed by atoms with Gasteiger partial charge in [0.25, 0.3) is 5.91 Å². The molecule has 0 bridgehead atoms. The number of carbonyl (C=O) groups is 1. The number of hydrogen-bond acceptors (Lipinski definition) is 3. The number of amides is 1. The lowest BCUT2D eigenvalue weighted by Crippen LogP contribution is -2.15. The zero-order valence-corrected chi connectivity index (χ0v) is 11.8. The molecule has 1 aromatic heterocycles. The van der Waals surface area contributed by atoms with Crippen LogP contribution in [-0.4, -0.2) is 16.6 Å². The summed E-state index contributed by atoms with van der Waals surface area (Å²) in [5.74, 6) is -2.60. The smallest absolute Gasteiger partial charge is 0.258 e. The van der Waals surface area contributed by atoms with Crippen molar-refractivity contribution in [1.29, 1.82) is 0 Å². The van der Waals surface area contributed by atoms with Crippen molar-refractivity contribution in [3.63, 3.8) is 0 Å². The maximum Gasteiger partial charge on any atom is 0.258 e. The second kappa shape index (κ2) is 6.99. The highest BCUT2D eigenvalue weighted by Gasteiger charge is 2.17. The highest BCUT2D eigenvalue weighted by atomic mass is 32.2. The number of nitrogens with one attached hydrogen (secondary N) is 1. The summed E-state index contributed by atoms with van der Waals surface area (Å²) in [5, 5.41) is 2.58. The van der Waals surface area contributed by atoms with Crippen LogP contribution in [0.4, 0.5) is 14.5 Å². The number of aromatic nitrogens is 1. The van der Waals surface area contributed by atoms with Gasteiger partial charge in [0.15, 0.2) is 5.82 Å². The van der Waals surface area contributed by atoms with Crippen LogP contribution in [-0.2, 0) is 0 Å². The molecule has 21 heavy (non-hydrogen) atoms. The van der Waals surface area contributed by atoms with Gasteiger partial charge in [-0.3, -0.25) is 4.79 Å². The van der Waals surface area contributed by atoms with Crippen molar-refractivity contribution in [3.8, 4) is 0 Å². The van der Waals surface area contributed by atoms with Gasteiger partial charge in [0.1, 0.15) is 0 Å². The van der Waals surface area contributed by atoms with E-state index in [4.69, 9.17) is 0 Å². The molecule has 0 unspecified atom stereocenters. The van der Waals surface area contributed by atoms with E-state index in [1.165, 1.54) is 11.8 Å². The van der Waals surface area contributed by atoms with Gasteiger partial charge < -0.3 is 5.32 Å². The minimum Gasteiger partial charge on any atom is -0.321 e. The van der Waals surface area contributed by atoms with Crippen molar-refractivity contribution in [2.24, 2.45) is 0 Å². The number of pyridine rings is 1. The second-order valence-electron chi connectivity index (χ2n) is 4.01. The Bertz CT molecular complexity index is 676. The van der Waals surface area contributed by atoms with E-state index in [9.17, 15) is 13.6 Å². The third-order valence-corrected chi connectivity index (χ3v) is 3.65. The van der Waals surface area contributed by atoms with Crippen LogP contribution in [0.25, 0.3) is 0 Å². The molecule has 108 valence electrons. The highest BCUT2D eigenvalue weighted by Crippen LogP contribution is 2.27. The number of para-hydroxylation sites is 1. The summed E-state index contributed by atoms with van der Waals surface area (Å²) in [4.78, 5) is 16.0. The molecule has 0 spiro atoms. The third-order valence-electron chi connectivity index (χ3n) is 2.58. The first-order valence-electron chi connectivity index (χ1n) is 6.07. The number of hydrogen-bond donors (Lipinski definition) is 1. The SMILES string of the molecule is C=CCSc1ccccc1NC(=O)c1ccnc(F)c1F. The standard InChI is InChI=1S/C15H12F2N2OS/c1-2-9-21-12-6-4-3-5-11(12)19-15(20)10-7-8-18-14(17)13(10)16/h2-8H,1,9H2,(H,19,20). The molecule has 1 heterocycles. The first-order valence-corrected chi connectivity index (χ1v) is 7.06. The molecule has 1 amide bonds. The number of thioether (sulfide) groups is 1. The van der Waals surface area contributed by atoms with Crippen molar-refractivity contribution in [2.75, 3.05) is 11.1 Å². The average Bonchev–Trinajstić information content (AvgIpc) is 2.49. The van der Waals surface area contributed by atoms with Gasteiger partial charge in [0.05, 0.1) is 11.3 Å². The summed E-state index contributed by atoms with van der Waals surface area (Å²) in [6, 6.07) is 8.23. The average molecular weight is 306 g/mol. The van der Waals surface area contributed by atoms with Crippen molar-refractivity contribution in [3.05, 3.63) is 66.5 Å². The molecule has 2 rings (SSSR count). The molecule has 6 heteroatoms. The summed E-state index contributed by atoms with van der Waals surface area (Å²) in [6.45, 7) is 3.63. The molecule has 0 aliphatic rings. The molecule has 0 atom stereocenters. The third kappa shape index (κ3) is 3.66. The normalized spacial score (nSPS) is 10.2. The topological polar surface area (TPSA) is 42.0 Å². The number of rotatable bonds is 5. The molecular formula is C15H12F2N2OS. The predicted molar refractivity (Wildman–Crippen MR) is 79.5 cm³/mol. The van der Waals surface area contributed by atoms with Crippen LogP contribution in [0.5, 0.6) is 0 Å². The maximum atomic E-state index is 13.5. The first kappa shape index (κ1) is 15.2. The van der Waals surface area contributed by atoms with E-state index in [1.54, 1.807) is 18.2 Å². The van der Waals surface area contributed by atoms with Crippen LogP contribution < -0.4 is 5.32 Å². The lowest BCUT2D eigenvalue weighted by atomic mass is 10.2. The lowest BCUT2D eigenvalue weighted by Gasteiger charge is -2.10. The Kier molecular flexibility index (Phi) is 5.05. The number of carbonyl (C=O) groups excluding carboxylic acids is 1. The van der Waals surface area contributed by atoms with Crippen molar-refractivity contribution < 1.29 is 13.6 Å². The molecule has 1 aromatic carbocycles.